The van der Waals surface area contributed by atoms with Crippen molar-refractivity contribution in [3.05, 3.63) is 191 Å². The van der Waals surface area contributed by atoms with E-state index in [-0.39, 0.29) is 5.41 Å². The SMILES string of the molecule is C=C(C=C1/C(=C\C)c2ccccc2C1(C)C)C(/C=C\C=C\CN(c1ccc(-c2ccccc2)cc1)c1ccc2oc3c(c2c1)CC(C)C=C3)=C/C. The largest absolute Gasteiger partial charge is 0.456 e. The maximum Gasteiger partial charge on any atom is 0.135 e. The molecule has 0 bridgehead atoms. The molecule has 1 unspecified atom stereocenters. The van der Waals surface area contributed by atoms with Gasteiger partial charge in [0.25, 0.3) is 0 Å². The van der Waals surface area contributed by atoms with Gasteiger partial charge in [-0.15, -0.1) is 0 Å². The molecule has 4 aromatic carbocycles. The third-order valence-electron chi connectivity index (χ3n) is 10.5. The molecule has 0 saturated heterocycles. The lowest BCUT2D eigenvalue weighted by Crippen LogP contribution is -2.16. The molecule has 1 atom stereocenters. The van der Waals surface area contributed by atoms with Crippen molar-refractivity contribution in [2.75, 3.05) is 11.4 Å². The molecule has 51 heavy (non-hydrogen) atoms. The van der Waals surface area contributed by atoms with Crippen LogP contribution in [-0.2, 0) is 11.8 Å². The molecule has 0 spiro atoms. The number of hydrogen-bond donors (Lipinski definition) is 0. The summed E-state index contributed by atoms with van der Waals surface area (Å²) in [7, 11) is 0. The number of rotatable bonds is 9. The number of fused-ring (bicyclic) bond motifs is 4. The third-order valence-corrected chi connectivity index (χ3v) is 10.5. The number of allylic oxidation sites excluding steroid dienone is 11. The summed E-state index contributed by atoms with van der Waals surface area (Å²) in [4.78, 5) is 2.37. The van der Waals surface area contributed by atoms with E-state index in [4.69, 9.17) is 4.42 Å². The lowest BCUT2D eigenvalue weighted by molar-refractivity contribution is 0.584. The average molecular weight is 666 g/mol. The van der Waals surface area contributed by atoms with Gasteiger partial charge >= 0.3 is 0 Å². The monoisotopic (exact) mass is 665 g/mol. The highest BCUT2D eigenvalue weighted by atomic mass is 16.3. The molecule has 7 rings (SSSR count). The van der Waals surface area contributed by atoms with Crippen molar-refractivity contribution in [2.45, 2.75) is 46.5 Å². The minimum Gasteiger partial charge on any atom is -0.456 e. The van der Waals surface area contributed by atoms with Crippen molar-refractivity contribution in [2.24, 2.45) is 5.92 Å². The second-order valence-corrected chi connectivity index (χ2v) is 14.2. The van der Waals surface area contributed by atoms with E-state index in [0.29, 0.717) is 12.5 Å². The summed E-state index contributed by atoms with van der Waals surface area (Å²) in [6.45, 7) is 16.3. The summed E-state index contributed by atoms with van der Waals surface area (Å²) >= 11 is 0. The first kappa shape index (κ1) is 33.9. The summed E-state index contributed by atoms with van der Waals surface area (Å²) in [5.74, 6) is 1.49. The van der Waals surface area contributed by atoms with Crippen LogP contribution in [-0.4, -0.2) is 6.54 Å². The number of furan rings is 1. The quantitative estimate of drug-likeness (QED) is 0.146. The van der Waals surface area contributed by atoms with E-state index in [1.165, 1.54) is 44.3 Å². The molecular weight excluding hydrogens is 619 g/mol. The van der Waals surface area contributed by atoms with Crippen LogP contribution in [0, 0.1) is 5.92 Å². The Kier molecular flexibility index (Phi) is 9.52. The van der Waals surface area contributed by atoms with E-state index >= 15 is 0 Å². The van der Waals surface area contributed by atoms with Crippen LogP contribution < -0.4 is 4.90 Å². The van der Waals surface area contributed by atoms with Gasteiger partial charge in [0.15, 0.2) is 0 Å². The Labute approximate surface area is 303 Å². The lowest BCUT2D eigenvalue weighted by atomic mass is 9.81. The van der Waals surface area contributed by atoms with Crippen LogP contribution in [0.2, 0.25) is 0 Å². The first-order valence-electron chi connectivity index (χ1n) is 18.1. The van der Waals surface area contributed by atoms with E-state index in [1.54, 1.807) is 0 Å². The maximum absolute atomic E-state index is 6.24. The molecule has 2 aliphatic rings. The topological polar surface area (TPSA) is 16.4 Å². The molecule has 2 nitrogen and oxygen atoms in total. The summed E-state index contributed by atoms with van der Waals surface area (Å²) in [5, 5.41) is 1.20. The maximum atomic E-state index is 6.24. The van der Waals surface area contributed by atoms with Gasteiger partial charge in [-0.05, 0) is 107 Å². The standard InChI is InChI=1S/C49H47NO/c1-7-36(35(4)32-46-41(8-2)42-20-14-15-21-45(42)49(46,5)6)17-13-10-16-30-50(39-25-23-38(24-26-39)37-18-11-9-12-19-37)40-27-29-48-44(33-40)43-31-34(3)22-28-47(43)51-48/h7-29,32-34H,4,30-31H2,1-3,5-6H3/b16-10+,17-13-,36-7+,41-8-,46-32?. The van der Waals surface area contributed by atoms with E-state index in [9.17, 15) is 0 Å². The van der Waals surface area contributed by atoms with Crippen LogP contribution in [0.1, 0.15) is 57.1 Å². The van der Waals surface area contributed by atoms with E-state index < -0.39 is 0 Å². The van der Waals surface area contributed by atoms with Crippen molar-refractivity contribution >= 4 is 34.0 Å². The Morgan fingerprint density at radius 1 is 0.882 bits per heavy atom. The zero-order valence-electron chi connectivity index (χ0n) is 30.5. The van der Waals surface area contributed by atoms with Crippen LogP contribution in [0.3, 0.4) is 0 Å². The second kappa shape index (κ2) is 14.3. The van der Waals surface area contributed by atoms with E-state index in [1.807, 2.05) is 0 Å². The summed E-state index contributed by atoms with van der Waals surface area (Å²) < 4.78 is 6.24. The van der Waals surface area contributed by atoms with Gasteiger partial charge < -0.3 is 9.32 Å². The van der Waals surface area contributed by atoms with Gasteiger partial charge in [-0.3, -0.25) is 0 Å². The fraction of sp³-hybridized carbons (Fsp3) is 0.184. The summed E-state index contributed by atoms with van der Waals surface area (Å²) in [5.41, 5.74) is 14.3. The van der Waals surface area contributed by atoms with Crippen LogP contribution in [0.5, 0.6) is 0 Å². The number of nitrogens with zero attached hydrogens (tertiary/aromatic N) is 1. The highest BCUT2D eigenvalue weighted by Crippen LogP contribution is 2.50. The molecule has 254 valence electrons. The highest BCUT2D eigenvalue weighted by molar-refractivity contribution is 5.91. The fourth-order valence-electron chi connectivity index (χ4n) is 7.64. The second-order valence-electron chi connectivity index (χ2n) is 14.2. The minimum absolute atomic E-state index is 0.0830. The van der Waals surface area contributed by atoms with Crippen molar-refractivity contribution in [3.8, 4) is 11.1 Å². The number of hydrogen-bond acceptors (Lipinski definition) is 2. The van der Waals surface area contributed by atoms with Gasteiger partial charge in [0.05, 0.1) is 0 Å². The molecule has 0 fully saturated rings. The molecule has 0 amide bonds. The lowest BCUT2D eigenvalue weighted by Gasteiger charge is -2.24. The van der Waals surface area contributed by atoms with Crippen molar-refractivity contribution in [1.82, 2.24) is 0 Å². The first-order valence-corrected chi connectivity index (χ1v) is 18.1. The Morgan fingerprint density at radius 3 is 2.37 bits per heavy atom. The van der Waals surface area contributed by atoms with Crippen molar-refractivity contribution < 1.29 is 4.42 Å². The number of anilines is 2. The third kappa shape index (κ3) is 6.67. The molecule has 0 saturated carbocycles. The zero-order chi connectivity index (χ0) is 35.5. The Balaban J connectivity index is 1.14. The predicted molar refractivity (Wildman–Crippen MR) is 219 cm³/mol. The fourth-order valence-corrected chi connectivity index (χ4v) is 7.64. The average Bonchev–Trinajstić information content (AvgIpc) is 3.62. The number of benzene rings is 4. The predicted octanol–water partition coefficient (Wildman–Crippen LogP) is 13.4. The molecule has 5 aromatic rings. The van der Waals surface area contributed by atoms with Gasteiger partial charge in [0.2, 0.25) is 0 Å². The van der Waals surface area contributed by atoms with Gasteiger partial charge in [0, 0.05) is 34.3 Å². The molecule has 0 radical (unpaired) electrons. The molecule has 1 heterocycles. The Morgan fingerprint density at radius 2 is 1.61 bits per heavy atom. The van der Waals surface area contributed by atoms with Crippen molar-refractivity contribution in [3.63, 3.8) is 0 Å². The molecule has 1 aromatic heterocycles. The summed E-state index contributed by atoms with van der Waals surface area (Å²) in [6, 6.07) is 34.8. The normalized spacial score (nSPS) is 18.3. The van der Waals surface area contributed by atoms with Gasteiger partial charge in [-0.25, -0.2) is 0 Å². The van der Waals surface area contributed by atoms with Crippen molar-refractivity contribution in [1.29, 1.82) is 0 Å². The van der Waals surface area contributed by atoms with Crippen LogP contribution in [0.4, 0.5) is 11.4 Å². The van der Waals surface area contributed by atoms with Gasteiger partial charge in [0.1, 0.15) is 11.3 Å². The summed E-state index contributed by atoms with van der Waals surface area (Å²) in [6.07, 6.45) is 20.7. The highest BCUT2D eigenvalue weighted by Gasteiger charge is 2.37. The molecule has 0 N–H and O–H groups in total. The zero-order valence-corrected chi connectivity index (χ0v) is 30.5. The first-order chi connectivity index (χ1) is 24.8. The molecule has 2 heteroatoms. The van der Waals surface area contributed by atoms with E-state index in [2.05, 4.69) is 198 Å². The molecule has 0 aliphatic heterocycles. The molecule has 2 aliphatic carbocycles. The Bertz CT molecular complexity index is 2260. The van der Waals surface area contributed by atoms with Crippen LogP contribution in [0.25, 0.3) is 33.7 Å². The van der Waals surface area contributed by atoms with Crippen LogP contribution in [0.15, 0.2) is 173 Å². The molecular formula is C49H47NO. The van der Waals surface area contributed by atoms with Crippen LogP contribution >= 0.6 is 0 Å². The van der Waals surface area contributed by atoms with Gasteiger partial charge in [-0.1, -0.05) is 143 Å². The van der Waals surface area contributed by atoms with Gasteiger partial charge in [-0.2, -0.15) is 0 Å². The smallest absolute Gasteiger partial charge is 0.135 e. The van der Waals surface area contributed by atoms with E-state index in [0.717, 1.165) is 40.3 Å². The Hall–Kier alpha value is -5.60. The minimum atomic E-state index is -0.0830.